The average molecular weight is 249 g/mol. The lowest BCUT2D eigenvalue weighted by molar-refractivity contribution is 0.238. The molecule has 0 radical (unpaired) electrons. The highest BCUT2D eigenvalue weighted by Gasteiger charge is 2.14. The summed E-state index contributed by atoms with van der Waals surface area (Å²) in [5, 5.41) is 3.28. The van der Waals surface area contributed by atoms with E-state index in [4.69, 9.17) is 4.74 Å². The van der Waals surface area contributed by atoms with E-state index in [1.165, 1.54) is 5.56 Å². The molecule has 0 aliphatic rings. The second-order valence-corrected chi connectivity index (χ2v) is 6.22. The Labute approximate surface area is 112 Å². The van der Waals surface area contributed by atoms with Gasteiger partial charge < -0.3 is 10.1 Å². The first kappa shape index (κ1) is 15.0. The first-order valence-electron chi connectivity index (χ1n) is 6.75. The molecule has 1 unspecified atom stereocenters. The predicted molar refractivity (Wildman–Crippen MR) is 78.3 cm³/mol. The van der Waals surface area contributed by atoms with Crippen LogP contribution in [0, 0.1) is 5.92 Å². The van der Waals surface area contributed by atoms with Crippen LogP contribution in [-0.4, -0.2) is 19.7 Å². The van der Waals surface area contributed by atoms with Crippen molar-refractivity contribution >= 4 is 0 Å². The standard InChI is InChI=1S/C16H27NO/c1-12(2)15(17-6)11-18-14-9-7-13(8-10-14)16(3,4)5/h7-10,12,15,17H,11H2,1-6H3. The fourth-order valence-electron chi connectivity index (χ4n) is 1.85. The van der Waals surface area contributed by atoms with Gasteiger partial charge in [0.15, 0.2) is 0 Å². The number of rotatable bonds is 5. The Morgan fingerprint density at radius 1 is 1.11 bits per heavy atom. The van der Waals surface area contributed by atoms with E-state index in [2.05, 4.69) is 64.2 Å². The van der Waals surface area contributed by atoms with Crippen molar-refractivity contribution in [2.45, 2.75) is 46.1 Å². The molecule has 0 aliphatic heterocycles. The molecule has 1 atom stereocenters. The number of hydrogen-bond donors (Lipinski definition) is 1. The van der Waals surface area contributed by atoms with Crippen molar-refractivity contribution in [1.29, 1.82) is 0 Å². The van der Waals surface area contributed by atoms with E-state index in [0.29, 0.717) is 18.6 Å². The SMILES string of the molecule is CNC(COc1ccc(C(C)(C)C)cc1)C(C)C. The molecule has 2 nitrogen and oxygen atoms in total. The van der Waals surface area contributed by atoms with Gasteiger partial charge in [0.25, 0.3) is 0 Å². The highest BCUT2D eigenvalue weighted by molar-refractivity contribution is 5.31. The third-order valence-corrected chi connectivity index (χ3v) is 3.33. The number of hydrogen-bond acceptors (Lipinski definition) is 2. The summed E-state index contributed by atoms with van der Waals surface area (Å²) in [5.74, 6) is 1.52. The van der Waals surface area contributed by atoms with Crippen LogP contribution in [0.15, 0.2) is 24.3 Å². The van der Waals surface area contributed by atoms with Crippen LogP contribution in [-0.2, 0) is 5.41 Å². The van der Waals surface area contributed by atoms with Gasteiger partial charge in [-0.15, -0.1) is 0 Å². The van der Waals surface area contributed by atoms with Gasteiger partial charge in [-0.25, -0.2) is 0 Å². The maximum absolute atomic E-state index is 5.83. The van der Waals surface area contributed by atoms with Gasteiger partial charge >= 0.3 is 0 Å². The van der Waals surface area contributed by atoms with E-state index in [1.807, 2.05) is 7.05 Å². The molecule has 2 heteroatoms. The molecule has 0 aromatic heterocycles. The van der Waals surface area contributed by atoms with Crippen LogP contribution in [0.2, 0.25) is 0 Å². The van der Waals surface area contributed by atoms with E-state index < -0.39 is 0 Å². The van der Waals surface area contributed by atoms with Crippen molar-refractivity contribution in [3.63, 3.8) is 0 Å². The molecule has 1 N–H and O–H groups in total. The van der Waals surface area contributed by atoms with Crippen LogP contribution in [0.1, 0.15) is 40.2 Å². The van der Waals surface area contributed by atoms with E-state index in [-0.39, 0.29) is 5.41 Å². The Bertz CT molecular complexity index is 348. The van der Waals surface area contributed by atoms with Gasteiger partial charge in [0, 0.05) is 6.04 Å². The minimum atomic E-state index is 0.198. The van der Waals surface area contributed by atoms with Gasteiger partial charge in [-0.3, -0.25) is 0 Å². The molecule has 0 bridgehead atoms. The third kappa shape index (κ3) is 4.34. The Hall–Kier alpha value is -1.02. The van der Waals surface area contributed by atoms with Crippen LogP contribution in [0.25, 0.3) is 0 Å². The van der Waals surface area contributed by atoms with Crippen LogP contribution >= 0.6 is 0 Å². The Kier molecular flexibility index (Phi) is 5.21. The lowest BCUT2D eigenvalue weighted by Gasteiger charge is -2.22. The maximum atomic E-state index is 5.83. The topological polar surface area (TPSA) is 21.3 Å². The van der Waals surface area contributed by atoms with Gasteiger partial charge in [0.1, 0.15) is 12.4 Å². The minimum absolute atomic E-state index is 0.198. The monoisotopic (exact) mass is 249 g/mol. The zero-order chi connectivity index (χ0) is 13.8. The average Bonchev–Trinajstić information content (AvgIpc) is 2.29. The summed E-state index contributed by atoms with van der Waals surface area (Å²) in [6.45, 7) is 11.8. The van der Waals surface area contributed by atoms with Gasteiger partial charge in [-0.1, -0.05) is 46.8 Å². The van der Waals surface area contributed by atoms with Crippen LogP contribution < -0.4 is 10.1 Å². The van der Waals surface area contributed by atoms with Crippen molar-refractivity contribution in [1.82, 2.24) is 5.32 Å². The number of likely N-dealkylation sites (N-methyl/N-ethyl adjacent to an activating group) is 1. The molecule has 1 aromatic rings. The molecule has 0 amide bonds. The van der Waals surface area contributed by atoms with Gasteiger partial charge in [0.2, 0.25) is 0 Å². The number of benzene rings is 1. The van der Waals surface area contributed by atoms with Gasteiger partial charge in [-0.2, -0.15) is 0 Å². The summed E-state index contributed by atoms with van der Waals surface area (Å²) in [6.07, 6.45) is 0. The molecule has 1 aromatic carbocycles. The Balaban J connectivity index is 2.59. The van der Waals surface area contributed by atoms with Gasteiger partial charge in [0.05, 0.1) is 0 Å². The molecule has 0 fully saturated rings. The maximum Gasteiger partial charge on any atom is 0.119 e. The molecule has 0 spiro atoms. The molecule has 0 aliphatic carbocycles. The lowest BCUT2D eigenvalue weighted by atomic mass is 9.87. The molecule has 0 saturated carbocycles. The largest absolute Gasteiger partial charge is 0.492 e. The smallest absolute Gasteiger partial charge is 0.119 e. The zero-order valence-corrected chi connectivity index (χ0v) is 12.6. The number of nitrogens with one attached hydrogen (secondary N) is 1. The molecule has 1 rings (SSSR count). The summed E-state index contributed by atoms with van der Waals surface area (Å²) < 4.78 is 5.83. The summed E-state index contributed by atoms with van der Waals surface area (Å²) in [5.41, 5.74) is 1.54. The van der Waals surface area contributed by atoms with Crippen LogP contribution in [0.3, 0.4) is 0 Å². The Morgan fingerprint density at radius 2 is 1.67 bits per heavy atom. The first-order chi connectivity index (χ1) is 8.34. The molecule has 18 heavy (non-hydrogen) atoms. The zero-order valence-electron chi connectivity index (χ0n) is 12.6. The van der Waals surface area contributed by atoms with Crippen molar-refractivity contribution in [3.05, 3.63) is 29.8 Å². The summed E-state index contributed by atoms with van der Waals surface area (Å²) >= 11 is 0. The summed E-state index contributed by atoms with van der Waals surface area (Å²) in [7, 11) is 1.98. The van der Waals surface area contributed by atoms with Crippen LogP contribution in [0.4, 0.5) is 0 Å². The second-order valence-electron chi connectivity index (χ2n) is 6.22. The molecule has 0 saturated heterocycles. The van der Waals surface area contributed by atoms with Crippen LogP contribution in [0.5, 0.6) is 5.75 Å². The van der Waals surface area contributed by atoms with Gasteiger partial charge in [-0.05, 0) is 36.1 Å². The number of ether oxygens (including phenoxy) is 1. The predicted octanol–water partition coefficient (Wildman–Crippen LogP) is 3.61. The van der Waals surface area contributed by atoms with E-state index >= 15 is 0 Å². The highest BCUT2D eigenvalue weighted by Crippen LogP contribution is 2.24. The normalized spacial score (nSPS) is 13.7. The van der Waals surface area contributed by atoms with Crippen molar-refractivity contribution in [2.24, 2.45) is 5.92 Å². The van der Waals surface area contributed by atoms with E-state index in [1.54, 1.807) is 0 Å². The van der Waals surface area contributed by atoms with Crippen molar-refractivity contribution in [2.75, 3.05) is 13.7 Å². The first-order valence-corrected chi connectivity index (χ1v) is 6.75. The molecular weight excluding hydrogens is 222 g/mol. The summed E-state index contributed by atoms with van der Waals surface area (Å²) in [6, 6.07) is 8.83. The molecular formula is C16H27NO. The third-order valence-electron chi connectivity index (χ3n) is 3.33. The van der Waals surface area contributed by atoms with Crippen molar-refractivity contribution in [3.8, 4) is 5.75 Å². The summed E-state index contributed by atoms with van der Waals surface area (Å²) in [4.78, 5) is 0. The molecule has 102 valence electrons. The Morgan fingerprint density at radius 3 is 2.06 bits per heavy atom. The fourth-order valence-corrected chi connectivity index (χ4v) is 1.85. The second kappa shape index (κ2) is 6.24. The lowest BCUT2D eigenvalue weighted by Crippen LogP contribution is -2.36. The van der Waals surface area contributed by atoms with Crippen molar-refractivity contribution < 1.29 is 4.74 Å². The quantitative estimate of drug-likeness (QED) is 0.861. The van der Waals surface area contributed by atoms with E-state index in [9.17, 15) is 0 Å². The van der Waals surface area contributed by atoms with E-state index in [0.717, 1.165) is 5.75 Å². The highest BCUT2D eigenvalue weighted by atomic mass is 16.5. The fraction of sp³-hybridized carbons (Fsp3) is 0.625. The molecule has 0 heterocycles. The minimum Gasteiger partial charge on any atom is -0.492 e.